The molecule has 4 N–H and O–H groups in total. The second kappa shape index (κ2) is 7.21. The highest BCUT2D eigenvalue weighted by molar-refractivity contribution is 5.97. The lowest BCUT2D eigenvalue weighted by Crippen LogP contribution is -2.13. The zero-order chi connectivity index (χ0) is 17.0. The number of hydrogen-bond donors (Lipinski definition) is 3. The predicted molar refractivity (Wildman–Crippen MR) is 83.3 cm³/mol. The molecule has 0 atom stereocenters. The van der Waals surface area contributed by atoms with E-state index in [4.69, 9.17) is 10.5 Å². The smallest absolute Gasteiger partial charge is 0.252 e. The van der Waals surface area contributed by atoms with E-state index in [-0.39, 0.29) is 11.1 Å². The Hall–Kier alpha value is -2.44. The van der Waals surface area contributed by atoms with Crippen LogP contribution in [0.4, 0.5) is 4.39 Å². The minimum absolute atomic E-state index is 0.214. The van der Waals surface area contributed by atoms with Gasteiger partial charge in [0.2, 0.25) is 0 Å². The van der Waals surface area contributed by atoms with Gasteiger partial charge in [-0.15, -0.1) is 0 Å². The van der Waals surface area contributed by atoms with E-state index in [9.17, 15) is 19.4 Å². The predicted octanol–water partition coefficient (Wildman–Crippen LogP) is 2.36. The van der Waals surface area contributed by atoms with Crippen LogP contribution in [-0.4, -0.2) is 22.7 Å². The van der Waals surface area contributed by atoms with Crippen LogP contribution in [0.5, 0.6) is 5.75 Å². The molecule has 0 spiro atoms. The normalized spacial score (nSPS) is 10.8. The minimum atomic E-state index is -1.92. The third-order valence-electron chi connectivity index (χ3n) is 3.31. The lowest BCUT2D eigenvalue weighted by Gasteiger charge is -2.12. The number of aliphatic hydroxyl groups excluding tert-OH is 1. The largest absolute Gasteiger partial charge is 0.493 e. The van der Waals surface area contributed by atoms with Crippen molar-refractivity contribution in [3.05, 3.63) is 53.3 Å². The van der Waals surface area contributed by atoms with Gasteiger partial charge < -0.3 is 20.7 Å². The molecule has 0 aromatic heterocycles. The van der Waals surface area contributed by atoms with Gasteiger partial charge in [0.1, 0.15) is 11.6 Å². The molecule has 6 heteroatoms. The molecular formula is C17H18FNO4. The van der Waals surface area contributed by atoms with Crippen molar-refractivity contribution in [1.29, 1.82) is 0 Å². The molecule has 5 nitrogen and oxygen atoms in total. The first-order chi connectivity index (χ1) is 10.9. The highest BCUT2D eigenvalue weighted by Crippen LogP contribution is 2.29. The zero-order valence-corrected chi connectivity index (χ0v) is 12.6. The molecule has 2 aromatic carbocycles. The molecule has 0 heterocycles. The molecule has 0 unspecified atom stereocenters. The van der Waals surface area contributed by atoms with Crippen LogP contribution < -0.4 is 10.5 Å². The van der Waals surface area contributed by atoms with Crippen molar-refractivity contribution < 1.29 is 24.1 Å². The standard InChI is InChI=1S/C17H18FNO4/c1-2-7-23-15-6-4-11(9-13(15)16(19)20)10-3-5-14(18)12(8-10)17(21)22/h3-6,8-9,17,21-22H,2,7H2,1H3,(H2,19,20). The van der Waals surface area contributed by atoms with Gasteiger partial charge in [0.15, 0.2) is 6.29 Å². The van der Waals surface area contributed by atoms with Gasteiger partial charge in [0, 0.05) is 5.56 Å². The van der Waals surface area contributed by atoms with E-state index in [0.717, 1.165) is 12.5 Å². The topological polar surface area (TPSA) is 92.8 Å². The third-order valence-corrected chi connectivity index (χ3v) is 3.31. The summed E-state index contributed by atoms with van der Waals surface area (Å²) in [6.45, 7) is 2.40. The number of carbonyl (C=O) groups excluding carboxylic acids is 1. The van der Waals surface area contributed by atoms with Gasteiger partial charge in [0.05, 0.1) is 12.2 Å². The summed E-state index contributed by atoms with van der Waals surface area (Å²) >= 11 is 0. The average molecular weight is 319 g/mol. The highest BCUT2D eigenvalue weighted by atomic mass is 19.1. The summed E-state index contributed by atoms with van der Waals surface area (Å²) < 4.78 is 19.0. The number of amides is 1. The Morgan fingerprint density at radius 2 is 1.87 bits per heavy atom. The molecule has 0 bridgehead atoms. The van der Waals surface area contributed by atoms with Crippen molar-refractivity contribution in [2.45, 2.75) is 19.6 Å². The number of nitrogens with two attached hydrogens (primary N) is 1. The van der Waals surface area contributed by atoms with E-state index in [1.54, 1.807) is 12.1 Å². The zero-order valence-electron chi connectivity index (χ0n) is 12.6. The summed E-state index contributed by atoms with van der Waals surface area (Å²) in [6, 6.07) is 8.77. The Balaban J connectivity index is 2.46. The number of primary amides is 1. The number of rotatable bonds is 6. The van der Waals surface area contributed by atoms with Crippen molar-refractivity contribution in [2.24, 2.45) is 5.73 Å². The summed E-state index contributed by atoms with van der Waals surface area (Å²) in [6.07, 6.45) is -1.13. The van der Waals surface area contributed by atoms with E-state index < -0.39 is 18.0 Å². The number of benzene rings is 2. The van der Waals surface area contributed by atoms with Crippen molar-refractivity contribution in [1.82, 2.24) is 0 Å². The Morgan fingerprint density at radius 3 is 2.48 bits per heavy atom. The molecule has 0 aliphatic carbocycles. The van der Waals surface area contributed by atoms with Crippen LogP contribution >= 0.6 is 0 Å². The quantitative estimate of drug-likeness (QED) is 0.713. The average Bonchev–Trinajstić information content (AvgIpc) is 2.53. The molecule has 23 heavy (non-hydrogen) atoms. The van der Waals surface area contributed by atoms with Gasteiger partial charge in [-0.05, 0) is 41.8 Å². The molecule has 0 fully saturated rings. The molecule has 2 aromatic rings. The third kappa shape index (κ3) is 3.85. The van der Waals surface area contributed by atoms with Crippen molar-refractivity contribution in [2.75, 3.05) is 6.61 Å². The van der Waals surface area contributed by atoms with Gasteiger partial charge in [-0.25, -0.2) is 4.39 Å². The Morgan fingerprint density at radius 1 is 1.22 bits per heavy atom. The highest BCUT2D eigenvalue weighted by Gasteiger charge is 2.14. The lowest BCUT2D eigenvalue weighted by molar-refractivity contribution is -0.0449. The van der Waals surface area contributed by atoms with Crippen LogP contribution in [0.15, 0.2) is 36.4 Å². The van der Waals surface area contributed by atoms with Gasteiger partial charge in [-0.2, -0.15) is 0 Å². The van der Waals surface area contributed by atoms with Gasteiger partial charge in [-0.1, -0.05) is 19.1 Å². The Bertz CT molecular complexity index is 716. The van der Waals surface area contributed by atoms with Crippen LogP contribution in [-0.2, 0) is 0 Å². The lowest BCUT2D eigenvalue weighted by atomic mass is 9.99. The molecule has 122 valence electrons. The van der Waals surface area contributed by atoms with E-state index >= 15 is 0 Å². The Labute approximate surface area is 133 Å². The van der Waals surface area contributed by atoms with Crippen LogP contribution in [0.3, 0.4) is 0 Å². The van der Waals surface area contributed by atoms with E-state index in [0.29, 0.717) is 23.5 Å². The first-order valence-electron chi connectivity index (χ1n) is 7.16. The minimum Gasteiger partial charge on any atom is -0.493 e. The fourth-order valence-corrected chi connectivity index (χ4v) is 2.16. The van der Waals surface area contributed by atoms with Crippen LogP contribution in [0.1, 0.15) is 35.6 Å². The van der Waals surface area contributed by atoms with Gasteiger partial charge in [-0.3, -0.25) is 4.79 Å². The molecule has 0 saturated carbocycles. The molecule has 0 radical (unpaired) electrons. The monoisotopic (exact) mass is 319 g/mol. The Kier molecular flexibility index (Phi) is 5.31. The molecule has 0 aliphatic rings. The second-order valence-electron chi connectivity index (χ2n) is 5.03. The van der Waals surface area contributed by atoms with Crippen LogP contribution in [0.2, 0.25) is 0 Å². The van der Waals surface area contributed by atoms with Gasteiger partial charge >= 0.3 is 0 Å². The molecule has 0 saturated heterocycles. The van der Waals surface area contributed by atoms with Gasteiger partial charge in [0.25, 0.3) is 5.91 Å². The van der Waals surface area contributed by atoms with Crippen LogP contribution in [0.25, 0.3) is 11.1 Å². The maximum absolute atomic E-state index is 13.5. The SMILES string of the molecule is CCCOc1ccc(-c2ccc(F)c(C(O)O)c2)cc1C(N)=O. The number of hydrogen-bond acceptors (Lipinski definition) is 4. The summed E-state index contributed by atoms with van der Waals surface area (Å²) in [5.41, 5.74) is 6.46. The fraction of sp³-hybridized carbons (Fsp3) is 0.235. The summed E-state index contributed by atoms with van der Waals surface area (Å²) in [7, 11) is 0. The van der Waals surface area contributed by atoms with E-state index in [2.05, 4.69) is 0 Å². The maximum Gasteiger partial charge on any atom is 0.252 e. The maximum atomic E-state index is 13.5. The summed E-state index contributed by atoms with van der Waals surface area (Å²) in [5, 5.41) is 18.4. The number of halogens is 1. The number of ether oxygens (including phenoxy) is 1. The molecular weight excluding hydrogens is 301 g/mol. The molecule has 0 aliphatic heterocycles. The summed E-state index contributed by atoms with van der Waals surface area (Å²) in [4.78, 5) is 11.6. The van der Waals surface area contributed by atoms with Crippen molar-refractivity contribution in [3.8, 4) is 16.9 Å². The number of carbonyl (C=O) groups is 1. The summed E-state index contributed by atoms with van der Waals surface area (Å²) in [5.74, 6) is -0.975. The first kappa shape index (κ1) is 16.9. The number of aliphatic hydroxyl groups is 2. The van der Waals surface area contributed by atoms with Crippen LogP contribution in [0, 0.1) is 5.82 Å². The van der Waals surface area contributed by atoms with E-state index in [1.165, 1.54) is 18.2 Å². The fourth-order valence-electron chi connectivity index (χ4n) is 2.16. The molecule has 2 rings (SSSR count). The van der Waals surface area contributed by atoms with Crippen molar-refractivity contribution in [3.63, 3.8) is 0 Å². The second-order valence-corrected chi connectivity index (χ2v) is 5.03. The first-order valence-corrected chi connectivity index (χ1v) is 7.16. The van der Waals surface area contributed by atoms with E-state index in [1.807, 2.05) is 6.92 Å². The van der Waals surface area contributed by atoms with Crippen molar-refractivity contribution >= 4 is 5.91 Å². The molecule has 1 amide bonds.